The van der Waals surface area contributed by atoms with Crippen LogP contribution in [0.1, 0.15) is 26.2 Å². The molecule has 0 saturated carbocycles. The molecular weight excluding hydrogens is 128 g/mol. The van der Waals surface area contributed by atoms with Crippen molar-refractivity contribution in [3.05, 3.63) is 4.91 Å². The molecule has 0 atom stereocenters. The van der Waals surface area contributed by atoms with Gasteiger partial charge in [0.05, 0.1) is 6.54 Å². The fraction of sp³-hybridized carbons (Fsp3) is 1.00. The van der Waals surface area contributed by atoms with Crippen LogP contribution in [0.15, 0.2) is 5.18 Å². The predicted octanol–water partition coefficient (Wildman–Crippen LogP) is 1.53. The highest BCUT2D eigenvalue weighted by atomic mass is 16.3. The van der Waals surface area contributed by atoms with Crippen LogP contribution in [0.3, 0.4) is 0 Å². The molecule has 0 spiro atoms. The van der Waals surface area contributed by atoms with E-state index in [1.54, 1.807) is 0 Å². The zero-order valence-electron chi connectivity index (χ0n) is 6.60. The van der Waals surface area contributed by atoms with Gasteiger partial charge in [-0.25, -0.2) is 0 Å². The molecule has 0 aliphatic rings. The van der Waals surface area contributed by atoms with Gasteiger partial charge in [-0.2, -0.15) is 4.91 Å². The molecular formula is C7H16N2O. The Kier molecular flexibility index (Phi) is 8.18. The van der Waals surface area contributed by atoms with Crippen molar-refractivity contribution in [2.24, 2.45) is 5.18 Å². The first kappa shape index (κ1) is 9.56. The van der Waals surface area contributed by atoms with E-state index in [2.05, 4.69) is 17.4 Å². The lowest BCUT2D eigenvalue weighted by atomic mass is 10.3. The van der Waals surface area contributed by atoms with E-state index < -0.39 is 0 Å². The fourth-order valence-corrected chi connectivity index (χ4v) is 0.728. The predicted molar refractivity (Wildman–Crippen MR) is 43.1 cm³/mol. The first-order valence-electron chi connectivity index (χ1n) is 3.91. The number of hydrogen-bond donors (Lipinski definition) is 1. The van der Waals surface area contributed by atoms with E-state index in [0.29, 0.717) is 6.54 Å². The molecule has 0 fully saturated rings. The highest BCUT2D eigenvalue weighted by Gasteiger charge is 1.86. The van der Waals surface area contributed by atoms with E-state index in [-0.39, 0.29) is 0 Å². The van der Waals surface area contributed by atoms with E-state index in [0.717, 1.165) is 25.9 Å². The molecule has 3 heteroatoms. The number of nitrogens with zero attached hydrogens (tertiary/aromatic N) is 1. The summed E-state index contributed by atoms with van der Waals surface area (Å²) < 4.78 is 0. The molecule has 0 aromatic heterocycles. The molecule has 0 rings (SSSR count). The minimum atomic E-state index is 0.466. The van der Waals surface area contributed by atoms with E-state index in [9.17, 15) is 4.91 Å². The first-order valence-corrected chi connectivity index (χ1v) is 3.91. The highest BCUT2D eigenvalue weighted by molar-refractivity contribution is 4.48. The van der Waals surface area contributed by atoms with Gasteiger partial charge in [-0.1, -0.05) is 12.1 Å². The molecule has 3 nitrogen and oxygen atoms in total. The number of nitroso groups, excluding NO2 is 1. The topological polar surface area (TPSA) is 41.5 Å². The van der Waals surface area contributed by atoms with Gasteiger partial charge in [0.25, 0.3) is 0 Å². The summed E-state index contributed by atoms with van der Waals surface area (Å²) in [5.41, 5.74) is 0. The summed E-state index contributed by atoms with van der Waals surface area (Å²) in [6, 6.07) is 0. The van der Waals surface area contributed by atoms with Crippen LogP contribution in [0.4, 0.5) is 0 Å². The average molecular weight is 144 g/mol. The van der Waals surface area contributed by atoms with Crippen molar-refractivity contribution >= 4 is 0 Å². The van der Waals surface area contributed by atoms with Gasteiger partial charge in [0, 0.05) is 0 Å². The molecule has 0 bridgehead atoms. The number of rotatable bonds is 7. The Morgan fingerprint density at radius 2 is 2.10 bits per heavy atom. The van der Waals surface area contributed by atoms with Gasteiger partial charge in [0.1, 0.15) is 0 Å². The van der Waals surface area contributed by atoms with Crippen molar-refractivity contribution in [1.29, 1.82) is 0 Å². The van der Waals surface area contributed by atoms with E-state index in [1.165, 1.54) is 6.42 Å². The van der Waals surface area contributed by atoms with Gasteiger partial charge in [-0.15, -0.1) is 0 Å². The molecule has 0 saturated heterocycles. The second kappa shape index (κ2) is 8.56. The maximum atomic E-state index is 9.62. The third-order valence-electron chi connectivity index (χ3n) is 1.28. The van der Waals surface area contributed by atoms with Gasteiger partial charge >= 0.3 is 0 Å². The lowest BCUT2D eigenvalue weighted by Crippen LogP contribution is -2.15. The van der Waals surface area contributed by atoms with Crippen LogP contribution in [-0.4, -0.2) is 19.6 Å². The Morgan fingerprint density at radius 1 is 1.30 bits per heavy atom. The summed E-state index contributed by atoms with van der Waals surface area (Å²) >= 11 is 0. The maximum absolute atomic E-state index is 9.62. The van der Waals surface area contributed by atoms with Crippen molar-refractivity contribution in [3.8, 4) is 0 Å². The Labute approximate surface area is 62.2 Å². The summed E-state index contributed by atoms with van der Waals surface area (Å²) in [5, 5.41) is 6.03. The summed E-state index contributed by atoms with van der Waals surface area (Å²) in [5.74, 6) is 0. The molecule has 10 heavy (non-hydrogen) atoms. The SMILES string of the molecule is CCCNCCCCN=O. The van der Waals surface area contributed by atoms with Crippen molar-refractivity contribution in [1.82, 2.24) is 5.32 Å². The molecule has 0 heterocycles. The Bertz CT molecular complexity index is 76.0. The summed E-state index contributed by atoms with van der Waals surface area (Å²) in [6.45, 7) is 4.70. The van der Waals surface area contributed by atoms with Gasteiger partial charge in [0.2, 0.25) is 0 Å². The van der Waals surface area contributed by atoms with Gasteiger partial charge in [-0.3, -0.25) is 0 Å². The van der Waals surface area contributed by atoms with E-state index in [4.69, 9.17) is 0 Å². The Balaban J connectivity index is 2.70. The van der Waals surface area contributed by atoms with Crippen LogP contribution in [-0.2, 0) is 0 Å². The average Bonchev–Trinajstić information content (AvgIpc) is 1.97. The summed E-state index contributed by atoms with van der Waals surface area (Å²) in [6.07, 6.45) is 3.15. The highest BCUT2D eigenvalue weighted by Crippen LogP contribution is 1.86. The minimum absolute atomic E-state index is 0.466. The maximum Gasteiger partial charge on any atom is 0.0811 e. The lowest BCUT2D eigenvalue weighted by molar-refractivity contribution is 0.621. The zero-order chi connectivity index (χ0) is 7.66. The van der Waals surface area contributed by atoms with E-state index in [1.807, 2.05) is 0 Å². The molecule has 0 aromatic carbocycles. The molecule has 0 unspecified atom stereocenters. The van der Waals surface area contributed by atoms with Gasteiger partial charge < -0.3 is 5.32 Å². The molecule has 0 aliphatic carbocycles. The second-order valence-electron chi connectivity index (χ2n) is 2.31. The normalized spacial score (nSPS) is 9.70. The Hall–Kier alpha value is -0.440. The molecule has 60 valence electrons. The Morgan fingerprint density at radius 3 is 2.70 bits per heavy atom. The molecule has 0 radical (unpaired) electrons. The van der Waals surface area contributed by atoms with Crippen LogP contribution in [0.5, 0.6) is 0 Å². The van der Waals surface area contributed by atoms with Gasteiger partial charge in [0.15, 0.2) is 0 Å². The number of nitrogens with one attached hydrogen (secondary N) is 1. The summed E-state index contributed by atoms with van der Waals surface area (Å²) in [7, 11) is 0. The first-order chi connectivity index (χ1) is 4.91. The minimum Gasteiger partial charge on any atom is -0.317 e. The monoisotopic (exact) mass is 144 g/mol. The van der Waals surface area contributed by atoms with Crippen LogP contribution >= 0.6 is 0 Å². The van der Waals surface area contributed by atoms with Crippen LogP contribution in [0.2, 0.25) is 0 Å². The van der Waals surface area contributed by atoms with Crippen molar-refractivity contribution in [2.45, 2.75) is 26.2 Å². The molecule has 1 N–H and O–H groups in total. The standard InChI is InChI=1S/C7H16N2O/c1-2-5-8-6-3-4-7-9-10/h8H,2-7H2,1H3. The number of hydrogen-bond acceptors (Lipinski definition) is 3. The molecule has 0 aliphatic heterocycles. The quantitative estimate of drug-likeness (QED) is 0.435. The second-order valence-corrected chi connectivity index (χ2v) is 2.31. The third kappa shape index (κ3) is 7.56. The van der Waals surface area contributed by atoms with Crippen LogP contribution < -0.4 is 5.32 Å². The van der Waals surface area contributed by atoms with Crippen molar-refractivity contribution < 1.29 is 0 Å². The third-order valence-corrected chi connectivity index (χ3v) is 1.28. The number of unbranched alkanes of at least 4 members (excludes halogenated alkanes) is 1. The van der Waals surface area contributed by atoms with E-state index >= 15 is 0 Å². The van der Waals surface area contributed by atoms with Crippen LogP contribution in [0.25, 0.3) is 0 Å². The zero-order valence-corrected chi connectivity index (χ0v) is 6.60. The van der Waals surface area contributed by atoms with Crippen LogP contribution in [0, 0.1) is 4.91 Å². The lowest BCUT2D eigenvalue weighted by Gasteiger charge is -1.99. The largest absolute Gasteiger partial charge is 0.317 e. The fourth-order valence-electron chi connectivity index (χ4n) is 0.728. The van der Waals surface area contributed by atoms with Crippen molar-refractivity contribution in [3.63, 3.8) is 0 Å². The smallest absolute Gasteiger partial charge is 0.0811 e. The summed E-state index contributed by atoms with van der Waals surface area (Å²) in [4.78, 5) is 9.62. The van der Waals surface area contributed by atoms with Crippen molar-refractivity contribution in [2.75, 3.05) is 19.6 Å². The van der Waals surface area contributed by atoms with Gasteiger partial charge in [-0.05, 0) is 32.4 Å². The molecule has 0 amide bonds. The molecule has 0 aromatic rings.